The number of carbonyl (C=O) groups is 1. The van der Waals surface area contributed by atoms with Crippen LogP contribution in [0, 0.1) is 11.8 Å². The summed E-state index contributed by atoms with van der Waals surface area (Å²) in [6, 6.07) is 15.8. The number of piperazine rings is 1. The molecule has 4 nitrogen and oxygen atoms in total. The maximum Gasteiger partial charge on any atom is 0.167 e. The lowest BCUT2D eigenvalue weighted by molar-refractivity contribution is 0.0993. The zero-order chi connectivity index (χ0) is 19.8. The molecule has 144 valence electrons. The van der Waals surface area contributed by atoms with E-state index in [2.05, 4.69) is 53.0 Å². The van der Waals surface area contributed by atoms with Crippen molar-refractivity contribution in [2.24, 2.45) is 5.73 Å². The van der Waals surface area contributed by atoms with Crippen molar-refractivity contribution in [2.75, 3.05) is 33.2 Å². The largest absolute Gasteiger partial charge is 0.404 e. The molecule has 2 N–H and O–H groups in total. The summed E-state index contributed by atoms with van der Waals surface area (Å²) in [6.07, 6.45) is 3.38. The third-order valence-electron chi connectivity index (χ3n) is 4.97. The number of ketones is 1. The van der Waals surface area contributed by atoms with Crippen molar-refractivity contribution in [3.8, 4) is 11.8 Å². The number of likely N-dealkylation sites (N-methyl/N-ethyl adjacent to an activating group) is 1. The van der Waals surface area contributed by atoms with Crippen LogP contribution in [0.1, 0.15) is 27.0 Å². The van der Waals surface area contributed by atoms with E-state index in [9.17, 15) is 4.79 Å². The SMILES string of the molecule is CN1CCN(Cc2ccc(CC(=O)c3cccc(C#C/C=C/N)c3)cc2)CC1. The summed E-state index contributed by atoms with van der Waals surface area (Å²) in [5.41, 5.74) is 9.11. The predicted molar refractivity (Wildman–Crippen MR) is 114 cm³/mol. The third kappa shape index (κ3) is 5.82. The topological polar surface area (TPSA) is 49.6 Å². The van der Waals surface area contributed by atoms with Crippen LogP contribution >= 0.6 is 0 Å². The Kier molecular flexibility index (Phi) is 7.02. The standard InChI is InChI=1S/C24H27N3O/c1-26-13-15-27(16-14-26)19-22-10-8-21(9-11-22)18-24(28)23-7-4-6-20(17-23)5-2-3-12-25/h3-4,6-12,17H,13-16,18-19,25H2,1H3/b12-3+. The smallest absolute Gasteiger partial charge is 0.167 e. The number of benzene rings is 2. The molecule has 3 rings (SSSR count). The highest BCUT2D eigenvalue weighted by Crippen LogP contribution is 2.13. The van der Waals surface area contributed by atoms with Crippen LogP contribution in [0.2, 0.25) is 0 Å². The molecule has 0 amide bonds. The van der Waals surface area contributed by atoms with Crippen LogP contribution in [0.4, 0.5) is 0 Å². The first-order valence-corrected chi connectivity index (χ1v) is 9.64. The number of nitrogens with two attached hydrogens (primary N) is 1. The molecule has 0 spiro atoms. The summed E-state index contributed by atoms with van der Waals surface area (Å²) in [5.74, 6) is 5.91. The van der Waals surface area contributed by atoms with Crippen molar-refractivity contribution < 1.29 is 4.79 Å². The van der Waals surface area contributed by atoms with Gasteiger partial charge >= 0.3 is 0 Å². The molecule has 1 fully saturated rings. The predicted octanol–water partition coefficient (Wildman–Crippen LogP) is 2.68. The zero-order valence-electron chi connectivity index (χ0n) is 16.4. The van der Waals surface area contributed by atoms with E-state index in [0.29, 0.717) is 12.0 Å². The van der Waals surface area contributed by atoms with Gasteiger partial charge < -0.3 is 10.6 Å². The Balaban J connectivity index is 1.59. The lowest BCUT2D eigenvalue weighted by Crippen LogP contribution is -2.43. The van der Waals surface area contributed by atoms with Gasteiger partial charge in [-0.1, -0.05) is 48.2 Å². The molecule has 2 aromatic rings. The molecule has 0 bridgehead atoms. The van der Waals surface area contributed by atoms with Gasteiger partial charge in [0, 0.05) is 62.5 Å². The minimum Gasteiger partial charge on any atom is -0.404 e. The number of carbonyl (C=O) groups excluding carboxylic acids is 1. The van der Waals surface area contributed by atoms with Crippen molar-refractivity contribution in [1.29, 1.82) is 0 Å². The van der Waals surface area contributed by atoms with Crippen molar-refractivity contribution in [1.82, 2.24) is 9.80 Å². The molecule has 4 heteroatoms. The van der Waals surface area contributed by atoms with E-state index in [1.54, 1.807) is 6.08 Å². The second kappa shape index (κ2) is 9.89. The summed E-state index contributed by atoms with van der Waals surface area (Å²) in [5, 5.41) is 0. The van der Waals surface area contributed by atoms with Crippen LogP contribution in [0.3, 0.4) is 0 Å². The van der Waals surface area contributed by atoms with Crippen molar-refractivity contribution in [2.45, 2.75) is 13.0 Å². The highest BCUT2D eigenvalue weighted by Gasteiger charge is 2.14. The number of nitrogens with zero attached hydrogens (tertiary/aromatic N) is 2. The Hall–Kier alpha value is -2.87. The van der Waals surface area contributed by atoms with Gasteiger partial charge in [0.05, 0.1) is 0 Å². The third-order valence-corrected chi connectivity index (χ3v) is 4.97. The summed E-state index contributed by atoms with van der Waals surface area (Å²) >= 11 is 0. The van der Waals surface area contributed by atoms with Gasteiger partial charge in [-0.2, -0.15) is 0 Å². The summed E-state index contributed by atoms with van der Waals surface area (Å²) in [7, 11) is 2.17. The molecule has 0 aliphatic carbocycles. The molecule has 0 unspecified atom stereocenters. The maximum atomic E-state index is 12.6. The monoisotopic (exact) mass is 373 g/mol. The molecule has 1 aliphatic rings. The Labute approximate surface area is 167 Å². The van der Waals surface area contributed by atoms with E-state index in [4.69, 9.17) is 5.73 Å². The fraction of sp³-hybridized carbons (Fsp3) is 0.292. The molecule has 0 aromatic heterocycles. The number of allylic oxidation sites excluding steroid dienone is 1. The fourth-order valence-corrected chi connectivity index (χ4v) is 3.26. The molecule has 1 heterocycles. The molecular formula is C24H27N3O. The minimum absolute atomic E-state index is 0.102. The summed E-state index contributed by atoms with van der Waals surface area (Å²) in [6.45, 7) is 5.44. The molecule has 28 heavy (non-hydrogen) atoms. The van der Waals surface area contributed by atoms with Gasteiger partial charge in [-0.3, -0.25) is 9.69 Å². The van der Waals surface area contributed by atoms with Crippen LogP contribution in [0.15, 0.2) is 60.8 Å². The maximum absolute atomic E-state index is 12.6. The van der Waals surface area contributed by atoms with Gasteiger partial charge in [0.25, 0.3) is 0 Å². The van der Waals surface area contributed by atoms with E-state index in [1.807, 2.05) is 24.3 Å². The van der Waals surface area contributed by atoms with E-state index in [-0.39, 0.29) is 5.78 Å². The number of hydrogen-bond acceptors (Lipinski definition) is 4. The van der Waals surface area contributed by atoms with E-state index < -0.39 is 0 Å². The van der Waals surface area contributed by atoms with Gasteiger partial charge in [0.2, 0.25) is 0 Å². The average Bonchev–Trinajstić information content (AvgIpc) is 2.71. The first kappa shape index (κ1) is 19.9. The molecule has 1 aliphatic heterocycles. The Morgan fingerprint density at radius 3 is 2.50 bits per heavy atom. The van der Waals surface area contributed by atoms with Crippen molar-refractivity contribution in [3.63, 3.8) is 0 Å². The van der Waals surface area contributed by atoms with Crippen LogP contribution in [0.25, 0.3) is 0 Å². The van der Waals surface area contributed by atoms with Crippen LogP contribution in [-0.2, 0) is 13.0 Å². The second-order valence-corrected chi connectivity index (χ2v) is 7.21. The quantitative estimate of drug-likeness (QED) is 0.647. The average molecular weight is 374 g/mol. The minimum atomic E-state index is 0.102. The number of hydrogen-bond donors (Lipinski definition) is 1. The molecule has 2 aromatic carbocycles. The molecule has 0 radical (unpaired) electrons. The Morgan fingerprint density at radius 2 is 1.79 bits per heavy atom. The summed E-state index contributed by atoms with van der Waals surface area (Å²) < 4.78 is 0. The molecule has 0 saturated carbocycles. The first-order chi connectivity index (χ1) is 13.6. The fourth-order valence-electron chi connectivity index (χ4n) is 3.26. The Bertz CT molecular complexity index is 882. The number of rotatable bonds is 5. The highest BCUT2D eigenvalue weighted by molar-refractivity contribution is 5.97. The van der Waals surface area contributed by atoms with E-state index in [0.717, 1.165) is 43.9 Å². The van der Waals surface area contributed by atoms with Crippen LogP contribution in [0.5, 0.6) is 0 Å². The van der Waals surface area contributed by atoms with Gasteiger partial charge in [-0.15, -0.1) is 0 Å². The van der Waals surface area contributed by atoms with Gasteiger partial charge in [0.1, 0.15) is 0 Å². The lowest BCUT2D eigenvalue weighted by atomic mass is 10.0. The lowest BCUT2D eigenvalue weighted by Gasteiger charge is -2.32. The van der Waals surface area contributed by atoms with Crippen LogP contribution < -0.4 is 5.73 Å². The van der Waals surface area contributed by atoms with Gasteiger partial charge in [-0.05, 0) is 30.3 Å². The van der Waals surface area contributed by atoms with Gasteiger partial charge in [0.15, 0.2) is 5.78 Å². The number of Topliss-reactive ketones (excluding diaryl/α,β-unsaturated/α-hetero) is 1. The zero-order valence-corrected chi connectivity index (χ0v) is 16.4. The highest BCUT2D eigenvalue weighted by atomic mass is 16.1. The van der Waals surface area contributed by atoms with E-state index >= 15 is 0 Å². The summed E-state index contributed by atoms with van der Waals surface area (Å²) in [4.78, 5) is 17.5. The van der Waals surface area contributed by atoms with Gasteiger partial charge in [-0.25, -0.2) is 0 Å². The van der Waals surface area contributed by atoms with E-state index in [1.165, 1.54) is 11.8 Å². The molecular weight excluding hydrogens is 346 g/mol. The first-order valence-electron chi connectivity index (χ1n) is 9.64. The Morgan fingerprint density at radius 1 is 1.07 bits per heavy atom. The molecule has 0 atom stereocenters. The van der Waals surface area contributed by atoms with Crippen LogP contribution in [-0.4, -0.2) is 48.8 Å². The van der Waals surface area contributed by atoms with Crippen molar-refractivity contribution >= 4 is 5.78 Å². The van der Waals surface area contributed by atoms with Crippen molar-refractivity contribution in [3.05, 3.63) is 83.1 Å². The molecule has 1 saturated heterocycles. The normalized spacial score (nSPS) is 15.3. The second-order valence-electron chi connectivity index (χ2n) is 7.21.